The molecule has 0 bridgehead atoms. The van der Waals surface area contributed by atoms with Crippen molar-refractivity contribution in [2.45, 2.75) is 13.8 Å². The van der Waals surface area contributed by atoms with E-state index in [0.29, 0.717) is 5.69 Å². The van der Waals surface area contributed by atoms with Gasteiger partial charge in [-0.3, -0.25) is 15.0 Å². The van der Waals surface area contributed by atoms with Crippen molar-refractivity contribution in [3.63, 3.8) is 0 Å². The average Bonchev–Trinajstić information content (AvgIpc) is 2.93. The second-order valence-corrected chi connectivity index (χ2v) is 6.80. The van der Waals surface area contributed by atoms with Crippen LogP contribution in [-0.4, -0.2) is 24.9 Å². The Morgan fingerprint density at radius 3 is 2.19 bits per heavy atom. The number of hydrogen-bond acceptors (Lipinski definition) is 3. The molecular weight excluding hydrogens is 394 g/mol. The number of carbonyl (C=O) groups is 2. The molecule has 0 spiro atoms. The first-order valence-corrected chi connectivity index (χ1v) is 9.30. The zero-order valence-corrected chi connectivity index (χ0v) is 16.3. The minimum Gasteiger partial charge on any atom is -0.372 e. The van der Waals surface area contributed by atoms with Crippen molar-refractivity contribution in [3.05, 3.63) is 64.1 Å². The first kappa shape index (κ1) is 18.2. The third kappa shape index (κ3) is 3.65. The molecule has 0 aliphatic carbocycles. The van der Waals surface area contributed by atoms with Gasteiger partial charge in [-0.2, -0.15) is 0 Å². The number of hydrazine groups is 1. The lowest BCUT2D eigenvalue weighted by Crippen LogP contribution is -2.35. The van der Waals surface area contributed by atoms with Crippen molar-refractivity contribution in [2.75, 3.05) is 23.0 Å². The monoisotopic (exact) mass is 413 g/mol. The number of hydrogen-bond donors (Lipinski definition) is 1. The fraction of sp³-hybridized carbons (Fsp3) is 0.200. The third-order valence-corrected chi connectivity index (χ3v) is 4.84. The van der Waals surface area contributed by atoms with Crippen molar-refractivity contribution in [2.24, 2.45) is 0 Å². The van der Waals surface area contributed by atoms with Gasteiger partial charge in [0.2, 0.25) is 0 Å². The molecule has 1 fully saturated rings. The molecule has 0 aromatic heterocycles. The van der Waals surface area contributed by atoms with Gasteiger partial charge >= 0.3 is 0 Å². The van der Waals surface area contributed by atoms with E-state index in [1.165, 1.54) is 5.01 Å². The van der Waals surface area contributed by atoms with Crippen LogP contribution in [0.4, 0.5) is 11.4 Å². The fourth-order valence-corrected chi connectivity index (χ4v) is 3.13. The fourth-order valence-electron chi connectivity index (χ4n) is 2.87. The molecule has 0 unspecified atom stereocenters. The Labute approximate surface area is 161 Å². The second kappa shape index (κ2) is 7.74. The van der Waals surface area contributed by atoms with Crippen LogP contribution < -0.4 is 15.3 Å². The molecule has 3 rings (SSSR count). The Morgan fingerprint density at radius 1 is 1.00 bits per heavy atom. The third-order valence-electron chi connectivity index (χ3n) is 4.31. The van der Waals surface area contributed by atoms with Crippen LogP contribution in [0.25, 0.3) is 6.08 Å². The summed E-state index contributed by atoms with van der Waals surface area (Å²) in [5.41, 5.74) is 5.29. The summed E-state index contributed by atoms with van der Waals surface area (Å²) in [7, 11) is 0. The lowest BCUT2D eigenvalue weighted by Gasteiger charge is -2.20. The first-order chi connectivity index (χ1) is 12.5. The summed E-state index contributed by atoms with van der Waals surface area (Å²) < 4.78 is 0.906. The number of halogens is 1. The quantitative estimate of drug-likeness (QED) is 0.599. The van der Waals surface area contributed by atoms with Crippen LogP contribution in [0.2, 0.25) is 0 Å². The molecule has 26 heavy (non-hydrogen) atoms. The molecule has 2 amide bonds. The van der Waals surface area contributed by atoms with Crippen LogP contribution in [0.15, 0.2) is 58.6 Å². The van der Waals surface area contributed by atoms with E-state index < -0.39 is 5.91 Å². The molecule has 1 heterocycles. The smallest absolute Gasteiger partial charge is 0.282 e. The van der Waals surface area contributed by atoms with Gasteiger partial charge in [0.15, 0.2) is 0 Å². The molecule has 5 nitrogen and oxygen atoms in total. The zero-order chi connectivity index (χ0) is 18.7. The summed E-state index contributed by atoms with van der Waals surface area (Å²) in [4.78, 5) is 27.1. The van der Waals surface area contributed by atoms with E-state index in [2.05, 4.69) is 40.1 Å². The Balaban J connectivity index is 1.83. The number of nitrogens with one attached hydrogen (secondary N) is 1. The van der Waals surface area contributed by atoms with E-state index in [1.54, 1.807) is 18.2 Å². The Morgan fingerprint density at radius 2 is 1.62 bits per heavy atom. The number of carbonyl (C=O) groups excluding carboxylic acids is 2. The highest BCUT2D eigenvalue weighted by Crippen LogP contribution is 2.24. The van der Waals surface area contributed by atoms with Crippen LogP contribution in [0, 0.1) is 0 Å². The number of anilines is 2. The van der Waals surface area contributed by atoms with Gasteiger partial charge in [0, 0.05) is 23.2 Å². The van der Waals surface area contributed by atoms with Gasteiger partial charge in [-0.05, 0) is 61.9 Å². The van der Waals surface area contributed by atoms with Crippen molar-refractivity contribution in [1.29, 1.82) is 0 Å². The predicted molar refractivity (Wildman–Crippen MR) is 108 cm³/mol. The Bertz CT molecular complexity index is 840. The topological polar surface area (TPSA) is 52.7 Å². The SMILES string of the molecule is CCN(CC)c1ccc(/C=C2/C(=O)NN(c3ccc(Br)cc3)C2=O)cc1. The average molecular weight is 414 g/mol. The van der Waals surface area contributed by atoms with Gasteiger partial charge in [0.1, 0.15) is 5.57 Å². The summed E-state index contributed by atoms with van der Waals surface area (Å²) >= 11 is 3.36. The van der Waals surface area contributed by atoms with Crippen LogP contribution >= 0.6 is 15.9 Å². The van der Waals surface area contributed by atoms with Crippen molar-refractivity contribution in [3.8, 4) is 0 Å². The molecule has 0 saturated carbocycles. The highest BCUT2D eigenvalue weighted by molar-refractivity contribution is 9.10. The molecule has 1 N–H and O–H groups in total. The van der Waals surface area contributed by atoms with Gasteiger partial charge < -0.3 is 4.90 Å². The Hall–Kier alpha value is -2.60. The van der Waals surface area contributed by atoms with Crippen LogP contribution in [0.5, 0.6) is 0 Å². The van der Waals surface area contributed by atoms with Gasteiger partial charge in [0.05, 0.1) is 5.69 Å². The molecule has 2 aromatic rings. The minimum atomic E-state index is -0.397. The molecule has 0 atom stereocenters. The summed E-state index contributed by atoms with van der Waals surface area (Å²) in [5, 5.41) is 1.27. The van der Waals surface area contributed by atoms with E-state index in [9.17, 15) is 9.59 Å². The van der Waals surface area contributed by atoms with E-state index in [-0.39, 0.29) is 11.5 Å². The molecular formula is C20H20BrN3O2. The van der Waals surface area contributed by atoms with Gasteiger partial charge in [-0.25, -0.2) is 5.01 Å². The van der Waals surface area contributed by atoms with Gasteiger partial charge in [-0.15, -0.1) is 0 Å². The molecule has 2 aromatic carbocycles. The molecule has 1 aliphatic rings. The number of rotatable bonds is 5. The highest BCUT2D eigenvalue weighted by atomic mass is 79.9. The molecule has 0 radical (unpaired) electrons. The maximum Gasteiger partial charge on any atom is 0.282 e. The van der Waals surface area contributed by atoms with Crippen LogP contribution in [0.1, 0.15) is 19.4 Å². The van der Waals surface area contributed by atoms with Gasteiger partial charge in [0.25, 0.3) is 11.8 Å². The summed E-state index contributed by atoms with van der Waals surface area (Å²) in [6.45, 7) is 6.08. The molecule has 1 aliphatic heterocycles. The predicted octanol–water partition coefficient (Wildman–Crippen LogP) is 3.76. The number of amides is 2. The summed E-state index contributed by atoms with van der Waals surface area (Å²) in [5.74, 6) is -0.754. The lowest BCUT2D eigenvalue weighted by atomic mass is 10.1. The first-order valence-electron chi connectivity index (χ1n) is 8.51. The summed E-state index contributed by atoms with van der Waals surface area (Å²) in [6, 6.07) is 15.0. The van der Waals surface area contributed by atoms with E-state index >= 15 is 0 Å². The maximum absolute atomic E-state index is 12.6. The van der Waals surface area contributed by atoms with E-state index in [1.807, 2.05) is 36.4 Å². The number of nitrogens with zero attached hydrogens (tertiary/aromatic N) is 2. The van der Waals surface area contributed by atoms with Crippen molar-refractivity contribution >= 4 is 45.2 Å². The zero-order valence-electron chi connectivity index (χ0n) is 14.7. The largest absolute Gasteiger partial charge is 0.372 e. The van der Waals surface area contributed by atoms with Gasteiger partial charge in [-0.1, -0.05) is 28.1 Å². The Kier molecular flexibility index (Phi) is 5.42. The van der Waals surface area contributed by atoms with Crippen molar-refractivity contribution in [1.82, 2.24) is 5.43 Å². The summed E-state index contributed by atoms with van der Waals surface area (Å²) in [6.07, 6.45) is 1.63. The lowest BCUT2D eigenvalue weighted by molar-refractivity contribution is -0.117. The molecule has 134 valence electrons. The highest BCUT2D eigenvalue weighted by Gasteiger charge is 2.34. The van der Waals surface area contributed by atoms with Crippen molar-refractivity contribution < 1.29 is 9.59 Å². The normalized spacial score (nSPS) is 15.5. The molecule has 6 heteroatoms. The van der Waals surface area contributed by atoms with Crippen LogP contribution in [0.3, 0.4) is 0 Å². The maximum atomic E-state index is 12.6. The van der Waals surface area contributed by atoms with E-state index in [4.69, 9.17) is 0 Å². The van der Waals surface area contributed by atoms with E-state index in [0.717, 1.165) is 28.8 Å². The second-order valence-electron chi connectivity index (χ2n) is 5.88. The minimum absolute atomic E-state index is 0.128. The number of benzene rings is 2. The molecule has 1 saturated heterocycles. The standard InChI is InChI=1S/C20H20BrN3O2/c1-3-23(4-2)16-9-5-14(6-10-16)13-18-19(25)22-24(20(18)26)17-11-7-15(21)8-12-17/h5-13H,3-4H2,1-2H3,(H,22,25)/b18-13-. The van der Waals surface area contributed by atoms with Crippen LogP contribution in [-0.2, 0) is 9.59 Å².